The molecule has 1 saturated heterocycles. The maximum Gasteiger partial charge on any atom is 0.162 e. The molecule has 0 aliphatic carbocycles. The van der Waals surface area contributed by atoms with Crippen LogP contribution in [0.2, 0.25) is 0 Å². The van der Waals surface area contributed by atoms with Crippen molar-refractivity contribution in [2.45, 2.75) is 24.2 Å². The van der Waals surface area contributed by atoms with Gasteiger partial charge in [0.2, 0.25) is 0 Å². The summed E-state index contributed by atoms with van der Waals surface area (Å²) in [6.07, 6.45) is 3.15. The van der Waals surface area contributed by atoms with Gasteiger partial charge in [-0.3, -0.25) is 0 Å². The molecule has 1 aromatic rings. The summed E-state index contributed by atoms with van der Waals surface area (Å²) in [6, 6.07) is 6.26. The van der Waals surface area contributed by atoms with E-state index in [2.05, 4.69) is 24.8 Å². The maximum absolute atomic E-state index is 5.76. The summed E-state index contributed by atoms with van der Waals surface area (Å²) < 4.78 is 16.9. The van der Waals surface area contributed by atoms with Gasteiger partial charge >= 0.3 is 0 Å². The van der Waals surface area contributed by atoms with Gasteiger partial charge in [-0.2, -0.15) is 12.6 Å². The fraction of sp³-hybridized carbons (Fsp3) is 0.625. The van der Waals surface area contributed by atoms with Crippen LogP contribution in [0.5, 0.6) is 11.5 Å². The van der Waals surface area contributed by atoms with E-state index < -0.39 is 0 Å². The van der Waals surface area contributed by atoms with E-state index in [9.17, 15) is 0 Å². The monoisotopic (exact) mass is 326 g/mol. The second kappa shape index (κ2) is 7.16. The highest BCUT2D eigenvalue weighted by molar-refractivity contribution is 7.99. The zero-order chi connectivity index (χ0) is 14.5. The van der Waals surface area contributed by atoms with Crippen LogP contribution in [0.1, 0.15) is 19.3 Å². The lowest BCUT2D eigenvalue weighted by Gasteiger charge is -2.35. The van der Waals surface area contributed by atoms with Crippen LogP contribution < -0.4 is 9.47 Å². The minimum absolute atomic E-state index is 0.302. The van der Waals surface area contributed by atoms with Crippen molar-refractivity contribution in [2.24, 2.45) is 5.41 Å². The number of ether oxygens (including phenoxy) is 3. The van der Waals surface area contributed by atoms with Crippen molar-refractivity contribution in [1.29, 1.82) is 0 Å². The van der Waals surface area contributed by atoms with Crippen molar-refractivity contribution in [3.63, 3.8) is 0 Å². The fourth-order valence-corrected chi connectivity index (χ4v) is 4.42. The Morgan fingerprint density at radius 2 is 1.81 bits per heavy atom. The highest BCUT2D eigenvalue weighted by Gasteiger charge is 2.31. The van der Waals surface area contributed by atoms with E-state index >= 15 is 0 Å². The molecule has 0 saturated carbocycles. The highest BCUT2D eigenvalue weighted by atomic mass is 32.2. The number of hydrogen-bond acceptors (Lipinski definition) is 5. The normalized spacial score (nSPS) is 20.8. The maximum atomic E-state index is 5.76. The first kappa shape index (κ1) is 15.4. The summed E-state index contributed by atoms with van der Waals surface area (Å²) in [5.74, 6) is 3.75. The molecule has 1 aromatic carbocycles. The third kappa shape index (κ3) is 3.82. The molecule has 2 heterocycles. The second-order valence-corrected chi connectivity index (χ2v) is 7.08. The number of thiol groups is 1. The molecule has 1 fully saturated rings. The molecule has 5 heteroatoms. The van der Waals surface area contributed by atoms with E-state index in [4.69, 9.17) is 14.2 Å². The predicted octanol–water partition coefficient (Wildman–Crippen LogP) is 3.67. The van der Waals surface area contributed by atoms with E-state index in [-0.39, 0.29) is 0 Å². The van der Waals surface area contributed by atoms with Crippen LogP contribution in [0.3, 0.4) is 0 Å². The molecular weight excluding hydrogens is 304 g/mol. The summed E-state index contributed by atoms with van der Waals surface area (Å²) >= 11 is 6.47. The first-order valence-corrected chi connectivity index (χ1v) is 9.14. The van der Waals surface area contributed by atoms with Gasteiger partial charge in [-0.1, -0.05) is 0 Å². The van der Waals surface area contributed by atoms with Gasteiger partial charge in [0.15, 0.2) is 11.5 Å². The molecule has 0 aromatic heterocycles. The summed E-state index contributed by atoms with van der Waals surface area (Å²) in [4.78, 5) is 1.24. The number of thioether (sulfide) groups is 1. The van der Waals surface area contributed by atoms with E-state index in [1.165, 1.54) is 4.90 Å². The van der Waals surface area contributed by atoms with Crippen molar-refractivity contribution >= 4 is 24.4 Å². The Hall–Kier alpha value is -0.520. The SMILES string of the molecule is SCC1(CSc2ccc3c(c2)OCCCO3)CCOCC1. The van der Waals surface area contributed by atoms with Gasteiger partial charge in [-0.25, -0.2) is 0 Å². The standard InChI is InChI=1S/C16H22O3S2/c20-11-16(4-8-17-9-5-16)12-21-13-2-3-14-15(10-13)19-7-1-6-18-14/h2-3,10,20H,1,4-9,11-12H2. The number of rotatable bonds is 4. The lowest BCUT2D eigenvalue weighted by Crippen LogP contribution is -2.33. The molecule has 0 spiro atoms. The average Bonchev–Trinajstić information content (AvgIpc) is 2.78. The first-order chi connectivity index (χ1) is 10.3. The average molecular weight is 326 g/mol. The highest BCUT2D eigenvalue weighted by Crippen LogP contribution is 2.40. The molecule has 0 atom stereocenters. The Balaban J connectivity index is 1.66. The van der Waals surface area contributed by atoms with E-state index in [1.54, 1.807) is 0 Å². The van der Waals surface area contributed by atoms with Crippen molar-refractivity contribution in [1.82, 2.24) is 0 Å². The van der Waals surface area contributed by atoms with Crippen LogP contribution in [-0.4, -0.2) is 37.9 Å². The van der Waals surface area contributed by atoms with Crippen molar-refractivity contribution in [3.8, 4) is 11.5 Å². The Morgan fingerprint density at radius 3 is 2.57 bits per heavy atom. The van der Waals surface area contributed by atoms with Crippen LogP contribution in [-0.2, 0) is 4.74 Å². The molecule has 3 rings (SSSR count). The van der Waals surface area contributed by atoms with Gasteiger partial charge in [0.25, 0.3) is 0 Å². The van der Waals surface area contributed by atoms with Crippen molar-refractivity contribution in [2.75, 3.05) is 37.9 Å². The van der Waals surface area contributed by atoms with Crippen LogP contribution in [0, 0.1) is 5.41 Å². The Kier molecular flexibility index (Phi) is 5.24. The Morgan fingerprint density at radius 1 is 1.05 bits per heavy atom. The van der Waals surface area contributed by atoms with Crippen LogP contribution in [0.25, 0.3) is 0 Å². The third-order valence-electron chi connectivity index (χ3n) is 4.15. The van der Waals surface area contributed by atoms with Gasteiger partial charge < -0.3 is 14.2 Å². The molecule has 0 unspecified atom stereocenters. The van der Waals surface area contributed by atoms with Crippen LogP contribution in [0.4, 0.5) is 0 Å². The largest absolute Gasteiger partial charge is 0.490 e. The van der Waals surface area contributed by atoms with Crippen molar-refractivity contribution < 1.29 is 14.2 Å². The zero-order valence-electron chi connectivity index (χ0n) is 12.2. The van der Waals surface area contributed by atoms with E-state index in [1.807, 2.05) is 17.8 Å². The second-order valence-electron chi connectivity index (χ2n) is 5.72. The smallest absolute Gasteiger partial charge is 0.162 e. The fourth-order valence-electron chi connectivity index (χ4n) is 2.62. The molecule has 2 aliphatic rings. The number of fused-ring (bicyclic) bond motifs is 1. The molecule has 0 N–H and O–H groups in total. The Labute approximate surface area is 136 Å². The summed E-state index contributed by atoms with van der Waals surface area (Å²) in [7, 11) is 0. The molecule has 0 amide bonds. The van der Waals surface area contributed by atoms with Gasteiger partial charge in [0.05, 0.1) is 13.2 Å². The molecule has 3 nitrogen and oxygen atoms in total. The van der Waals surface area contributed by atoms with Crippen LogP contribution >= 0.6 is 24.4 Å². The minimum Gasteiger partial charge on any atom is -0.490 e. The summed E-state index contributed by atoms with van der Waals surface area (Å²) in [5, 5.41) is 0. The van der Waals surface area contributed by atoms with Crippen molar-refractivity contribution in [3.05, 3.63) is 18.2 Å². The minimum atomic E-state index is 0.302. The van der Waals surface area contributed by atoms with Gasteiger partial charge in [-0.15, -0.1) is 11.8 Å². The van der Waals surface area contributed by atoms with E-state index in [0.29, 0.717) is 5.41 Å². The molecule has 116 valence electrons. The third-order valence-corrected chi connectivity index (χ3v) is 6.17. The molecule has 0 radical (unpaired) electrons. The Bertz CT molecular complexity index is 473. The lowest BCUT2D eigenvalue weighted by molar-refractivity contribution is 0.0371. The van der Waals surface area contributed by atoms with Gasteiger partial charge in [0.1, 0.15) is 0 Å². The first-order valence-electron chi connectivity index (χ1n) is 7.52. The quantitative estimate of drug-likeness (QED) is 0.675. The van der Waals surface area contributed by atoms with Gasteiger partial charge in [0, 0.05) is 30.3 Å². The molecule has 21 heavy (non-hydrogen) atoms. The summed E-state index contributed by atoms with van der Waals surface area (Å²) in [5.41, 5.74) is 0.302. The van der Waals surface area contributed by atoms with Crippen LogP contribution in [0.15, 0.2) is 23.1 Å². The zero-order valence-corrected chi connectivity index (χ0v) is 13.9. The topological polar surface area (TPSA) is 27.7 Å². The van der Waals surface area contributed by atoms with Gasteiger partial charge in [-0.05, 0) is 42.2 Å². The summed E-state index contributed by atoms with van der Waals surface area (Å²) in [6.45, 7) is 3.20. The van der Waals surface area contributed by atoms with E-state index in [0.717, 1.165) is 68.7 Å². The molecule has 0 bridgehead atoms. The lowest BCUT2D eigenvalue weighted by atomic mass is 9.84. The predicted molar refractivity (Wildman–Crippen MR) is 89.1 cm³/mol. The number of benzene rings is 1. The molecule has 2 aliphatic heterocycles. The number of hydrogen-bond donors (Lipinski definition) is 1. The molecular formula is C16H22O3S2.